The van der Waals surface area contributed by atoms with Crippen LogP contribution in [0.5, 0.6) is 0 Å². The first kappa shape index (κ1) is 14.1. The van der Waals surface area contributed by atoms with Crippen molar-refractivity contribution in [2.75, 3.05) is 6.54 Å². The van der Waals surface area contributed by atoms with Gasteiger partial charge in [0.1, 0.15) is 0 Å². The van der Waals surface area contributed by atoms with E-state index in [1.165, 1.54) is 7.14 Å². The number of rotatable bonds is 2. The summed E-state index contributed by atoms with van der Waals surface area (Å²) in [5, 5.41) is 9.77. The largest absolute Gasteiger partial charge is 0.387 e. The van der Waals surface area contributed by atoms with Gasteiger partial charge in [-0.1, -0.05) is 0 Å². The van der Waals surface area contributed by atoms with E-state index in [1.54, 1.807) is 0 Å². The molecule has 1 aromatic carbocycles. The van der Waals surface area contributed by atoms with Crippen molar-refractivity contribution in [1.29, 1.82) is 0 Å². The first-order valence-electron chi connectivity index (χ1n) is 3.70. The van der Waals surface area contributed by atoms with Crippen LogP contribution >= 0.6 is 90.4 Å². The lowest BCUT2D eigenvalue weighted by Crippen LogP contribution is -2.15. The first-order chi connectivity index (χ1) is 6.49. The van der Waals surface area contributed by atoms with E-state index in [4.69, 9.17) is 5.73 Å². The van der Waals surface area contributed by atoms with Crippen molar-refractivity contribution in [3.05, 3.63) is 25.9 Å². The molecule has 3 N–H and O–H groups in total. The van der Waals surface area contributed by atoms with Crippen LogP contribution in [0, 0.1) is 14.3 Å². The molecule has 0 unspecified atom stereocenters. The Balaban J connectivity index is 3.36. The maximum atomic E-state index is 9.77. The third kappa shape index (κ3) is 3.05. The molecular weight excluding hydrogens is 634 g/mol. The van der Waals surface area contributed by atoms with Crippen molar-refractivity contribution < 1.29 is 5.11 Å². The van der Waals surface area contributed by atoms with Gasteiger partial charge in [-0.15, -0.1) is 0 Å². The van der Waals surface area contributed by atoms with Gasteiger partial charge in [0.15, 0.2) is 0 Å². The number of hydrogen-bond donors (Lipinski definition) is 2. The van der Waals surface area contributed by atoms with E-state index in [1.807, 2.05) is 0 Å². The highest BCUT2D eigenvalue weighted by atomic mass is 127. The van der Waals surface area contributed by atoms with Gasteiger partial charge in [-0.05, 0) is 96.4 Å². The van der Waals surface area contributed by atoms with Crippen molar-refractivity contribution >= 4 is 90.4 Å². The SMILES string of the molecule is NC[C@H](O)c1c(I)cc(I)c(I)c1I. The maximum absolute atomic E-state index is 9.77. The van der Waals surface area contributed by atoms with E-state index in [-0.39, 0.29) is 6.54 Å². The molecule has 1 rings (SSSR count). The zero-order valence-corrected chi connectivity index (χ0v) is 15.5. The molecule has 0 heterocycles. The molecule has 0 radical (unpaired) electrons. The van der Waals surface area contributed by atoms with Gasteiger partial charge in [0.25, 0.3) is 0 Å². The second-order valence-corrected chi connectivity index (χ2v) is 7.12. The quantitative estimate of drug-likeness (QED) is 0.297. The monoisotopic (exact) mass is 641 g/mol. The van der Waals surface area contributed by atoms with Crippen LogP contribution in [0.3, 0.4) is 0 Å². The molecule has 0 aromatic heterocycles. The number of halogens is 4. The zero-order chi connectivity index (χ0) is 10.9. The summed E-state index contributed by atoms with van der Waals surface area (Å²) >= 11 is 9.09. The summed E-state index contributed by atoms with van der Waals surface area (Å²) in [6, 6.07) is 2.07. The van der Waals surface area contributed by atoms with Gasteiger partial charge in [0.05, 0.1) is 6.10 Å². The number of aliphatic hydroxyl groups excluding tert-OH is 1. The molecule has 0 aliphatic carbocycles. The normalized spacial score (nSPS) is 13.0. The first-order valence-corrected chi connectivity index (χ1v) is 8.01. The molecule has 2 nitrogen and oxygen atoms in total. The molecule has 78 valence electrons. The van der Waals surface area contributed by atoms with Gasteiger partial charge < -0.3 is 10.8 Å². The van der Waals surface area contributed by atoms with E-state index in [9.17, 15) is 5.11 Å². The van der Waals surface area contributed by atoms with Crippen molar-refractivity contribution in [2.24, 2.45) is 5.73 Å². The van der Waals surface area contributed by atoms with Crippen LogP contribution in [0.2, 0.25) is 0 Å². The molecule has 0 aliphatic heterocycles. The van der Waals surface area contributed by atoms with E-state index in [0.717, 1.165) is 12.7 Å². The Kier molecular flexibility index (Phi) is 6.17. The summed E-state index contributed by atoms with van der Waals surface area (Å²) < 4.78 is 4.59. The zero-order valence-electron chi connectivity index (χ0n) is 6.90. The molecule has 0 saturated heterocycles. The highest BCUT2D eigenvalue weighted by molar-refractivity contribution is 14.1. The van der Waals surface area contributed by atoms with Crippen molar-refractivity contribution in [3.63, 3.8) is 0 Å². The van der Waals surface area contributed by atoms with Gasteiger partial charge >= 0.3 is 0 Å². The molecule has 14 heavy (non-hydrogen) atoms. The molecule has 0 amide bonds. The summed E-state index contributed by atoms with van der Waals surface area (Å²) in [5.74, 6) is 0. The molecule has 1 aromatic rings. The van der Waals surface area contributed by atoms with Gasteiger partial charge in [-0.25, -0.2) is 0 Å². The predicted octanol–water partition coefficient (Wildman–Crippen LogP) is 3.10. The second-order valence-electron chi connectivity index (χ2n) is 2.63. The Labute approximate surface area is 137 Å². The minimum Gasteiger partial charge on any atom is -0.387 e. The number of hydrogen-bond acceptors (Lipinski definition) is 2. The highest BCUT2D eigenvalue weighted by Gasteiger charge is 2.17. The van der Waals surface area contributed by atoms with Gasteiger partial charge in [0, 0.05) is 26.4 Å². The summed E-state index contributed by atoms with van der Waals surface area (Å²) in [4.78, 5) is 0. The van der Waals surface area contributed by atoms with Crippen LogP contribution < -0.4 is 5.73 Å². The Morgan fingerprint density at radius 1 is 1.14 bits per heavy atom. The van der Waals surface area contributed by atoms with Crippen LogP contribution in [0.4, 0.5) is 0 Å². The molecule has 0 bridgehead atoms. The Morgan fingerprint density at radius 2 is 1.71 bits per heavy atom. The third-order valence-corrected chi connectivity index (χ3v) is 7.75. The fourth-order valence-corrected chi connectivity index (χ4v) is 5.54. The number of aliphatic hydroxyl groups is 1. The van der Waals surface area contributed by atoms with E-state index in [0.29, 0.717) is 0 Å². The smallest absolute Gasteiger partial charge is 0.0933 e. The van der Waals surface area contributed by atoms with E-state index < -0.39 is 6.10 Å². The second kappa shape index (κ2) is 6.12. The molecule has 0 saturated carbocycles. The summed E-state index contributed by atoms with van der Waals surface area (Å²) in [7, 11) is 0. The average molecular weight is 641 g/mol. The van der Waals surface area contributed by atoms with Crippen molar-refractivity contribution in [2.45, 2.75) is 6.10 Å². The minimum atomic E-state index is -0.556. The summed E-state index contributed by atoms with van der Waals surface area (Å²) in [6.45, 7) is 0.267. The van der Waals surface area contributed by atoms with Crippen LogP contribution in [-0.4, -0.2) is 11.7 Å². The topological polar surface area (TPSA) is 46.2 Å². The van der Waals surface area contributed by atoms with Crippen LogP contribution in [0.25, 0.3) is 0 Å². The standard InChI is InChI=1S/C8H7I4NO/c9-3-1-4(10)7(11)8(12)6(3)5(14)2-13/h1,5,14H,2,13H2/t5-/m0/s1. The predicted molar refractivity (Wildman–Crippen MR) is 91.3 cm³/mol. The Morgan fingerprint density at radius 3 is 2.21 bits per heavy atom. The average Bonchev–Trinajstić information content (AvgIpc) is 2.14. The third-order valence-electron chi connectivity index (χ3n) is 1.71. The van der Waals surface area contributed by atoms with Gasteiger partial charge in [0.2, 0.25) is 0 Å². The van der Waals surface area contributed by atoms with E-state index in [2.05, 4.69) is 96.4 Å². The summed E-state index contributed by atoms with van der Waals surface area (Å²) in [5.41, 5.74) is 6.43. The fraction of sp³-hybridized carbons (Fsp3) is 0.250. The Hall–Kier alpha value is 2.06. The fourth-order valence-electron chi connectivity index (χ4n) is 1.00. The molecule has 6 heteroatoms. The Bertz CT molecular complexity index is 356. The lowest BCUT2D eigenvalue weighted by molar-refractivity contribution is 0.185. The molecule has 0 spiro atoms. The van der Waals surface area contributed by atoms with Gasteiger partial charge in [-0.3, -0.25) is 0 Å². The van der Waals surface area contributed by atoms with Crippen molar-refractivity contribution in [1.82, 2.24) is 0 Å². The minimum absolute atomic E-state index is 0.267. The molecule has 0 aliphatic rings. The number of nitrogens with two attached hydrogens (primary N) is 1. The van der Waals surface area contributed by atoms with Crippen LogP contribution in [0.1, 0.15) is 11.7 Å². The number of benzene rings is 1. The van der Waals surface area contributed by atoms with Crippen molar-refractivity contribution in [3.8, 4) is 0 Å². The molecular formula is C8H7I4NO. The van der Waals surface area contributed by atoms with E-state index >= 15 is 0 Å². The maximum Gasteiger partial charge on any atom is 0.0933 e. The summed E-state index contributed by atoms with van der Waals surface area (Å²) in [6.07, 6.45) is -0.556. The molecule has 0 fully saturated rings. The lowest BCUT2D eigenvalue weighted by Gasteiger charge is -2.15. The highest BCUT2D eigenvalue weighted by Crippen LogP contribution is 2.32. The molecule has 1 atom stereocenters. The van der Waals surface area contributed by atoms with Crippen LogP contribution in [0.15, 0.2) is 6.07 Å². The van der Waals surface area contributed by atoms with Crippen LogP contribution in [-0.2, 0) is 0 Å². The van der Waals surface area contributed by atoms with Gasteiger partial charge in [-0.2, -0.15) is 0 Å². The lowest BCUT2D eigenvalue weighted by atomic mass is 10.1.